The van der Waals surface area contributed by atoms with Crippen LogP contribution in [0, 0.1) is 0 Å². The summed E-state index contributed by atoms with van der Waals surface area (Å²) >= 11 is 1.70. The van der Waals surface area contributed by atoms with Crippen molar-refractivity contribution in [2.24, 2.45) is 0 Å². The number of rotatable bonds is 8. The molecule has 0 bridgehead atoms. The Morgan fingerprint density at radius 1 is 1.23 bits per heavy atom. The molecule has 0 spiro atoms. The lowest BCUT2D eigenvalue weighted by Crippen LogP contribution is -2.45. The zero-order valence-electron chi connectivity index (χ0n) is 14.7. The summed E-state index contributed by atoms with van der Waals surface area (Å²) < 4.78 is 5.53. The van der Waals surface area contributed by atoms with Gasteiger partial charge in [0, 0.05) is 17.7 Å². The number of thiophene rings is 1. The molecule has 1 aliphatic rings. The molecule has 26 heavy (non-hydrogen) atoms. The van der Waals surface area contributed by atoms with E-state index in [0.717, 1.165) is 18.4 Å². The number of hydrogen-bond donors (Lipinski definition) is 3. The molecule has 1 aromatic heterocycles. The van der Waals surface area contributed by atoms with Crippen molar-refractivity contribution in [3.05, 3.63) is 52.2 Å². The molecule has 2 unspecified atom stereocenters. The van der Waals surface area contributed by atoms with Gasteiger partial charge >= 0.3 is 0 Å². The molecule has 2 aromatic rings. The fourth-order valence-electron chi connectivity index (χ4n) is 2.78. The smallest absolute Gasteiger partial charge is 0.259 e. The van der Waals surface area contributed by atoms with Gasteiger partial charge in [0.05, 0.1) is 12.2 Å². The van der Waals surface area contributed by atoms with Gasteiger partial charge in [-0.1, -0.05) is 18.2 Å². The van der Waals surface area contributed by atoms with E-state index >= 15 is 0 Å². The van der Waals surface area contributed by atoms with Crippen LogP contribution >= 0.6 is 11.3 Å². The van der Waals surface area contributed by atoms with Crippen LogP contribution in [0.15, 0.2) is 41.8 Å². The Hall–Kier alpha value is -2.22. The Morgan fingerprint density at radius 2 is 2.04 bits per heavy atom. The van der Waals surface area contributed by atoms with Gasteiger partial charge in [-0.25, -0.2) is 10.9 Å². The maximum atomic E-state index is 12.1. The molecule has 6 nitrogen and oxygen atoms in total. The van der Waals surface area contributed by atoms with Crippen molar-refractivity contribution in [2.45, 2.75) is 38.4 Å². The van der Waals surface area contributed by atoms with Gasteiger partial charge in [-0.2, -0.15) is 0 Å². The Morgan fingerprint density at radius 3 is 2.73 bits per heavy atom. The summed E-state index contributed by atoms with van der Waals surface area (Å²) in [5.74, 6) is 0.649. The largest absolute Gasteiger partial charge is 0.484 e. The van der Waals surface area contributed by atoms with Crippen molar-refractivity contribution >= 4 is 23.0 Å². The monoisotopic (exact) mass is 373 g/mol. The highest BCUT2D eigenvalue weighted by Crippen LogP contribution is 2.25. The zero-order valence-corrected chi connectivity index (χ0v) is 15.5. The Labute approximate surface area is 156 Å². The minimum Gasteiger partial charge on any atom is -0.484 e. The van der Waals surface area contributed by atoms with E-state index < -0.39 is 0 Å². The highest BCUT2D eigenvalue weighted by Gasteiger charge is 2.26. The van der Waals surface area contributed by atoms with Crippen LogP contribution in [0.3, 0.4) is 0 Å². The van der Waals surface area contributed by atoms with Crippen LogP contribution in [0.5, 0.6) is 5.75 Å². The number of carbonyl (C=O) groups is 2. The number of amides is 1. The number of hydrogen-bond acceptors (Lipinski definition) is 6. The van der Waals surface area contributed by atoms with Gasteiger partial charge in [0.15, 0.2) is 6.61 Å². The molecule has 2 atom stereocenters. The fourth-order valence-corrected chi connectivity index (χ4v) is 3.57. The lowest BCUT2D eigenvalue weighted by atomic mass is 10.1. The first kappa shape index (κ1) is 18.6. The number of carbonyl (C=O) groups excluding carboxylic acids is 2. The van der Waals surface area contributed by atoms with E-state index in [-0.39, 0.29) is 30.5 Å². The van der Waals surface area contributed by atoms with E-state index in [9.17, 15) is 9.59 Å². The number of ether oxygens (including phenoxy) is 1. The van der Waals surface area contributed by atoms with Crippen LogP contribution in [0.25, 0.3) is 0 Å². The van der Waals surface area contributed by atoms with Gasteiger partial charge in [0.25, 0.3) is 5.91 Å². The van der Waals surface area contributed by atoms with Crippen LogP contribution in [-0.2, 0) is 16.0 Å². The second-order valence-corrected chi connectivity index (χ2v) is 7.33. The van der Waals surface area contributed by atoms with Gasteiger partial charge in [-0.05, 0) is 42.5 Å². The van der Waals surface area contributed by atoms with E-state index in [1.165, 1.54) is 4.88 Å². The van der Waals surface area contributed by atoms with Gasteiger partial charge in [0.2, 0.25) is 0 Å². The van der Waals surface area contributed by atoms with Crippen molar-refractivity contribution in [3.63, 3.8) is 0 Å². The summed E-state index contributed by atoms with van der Waals surface area (Å²) in [6, 6.07) is 11.8. The van der Waals surface area contributed by atoms with E-state index in [1.54, 1.807) is 18.3 Å². The topological polar surface area (TPSA) is 79.5 Å². The van der Waals surface area contributed by atoms with Crippen LogP contribution in [0.2, 0.25) is 0 Å². The van der Waals surface area contributed by atoms with Crippen LogP contribution in [-0.4, -0.2) is 24.5 Å². The molecular weight excluding hydrogens is 350 g/mol. The van der Waals surface area contributed by atoms with Crippen LogP contribution in [0.4, 0.5) is 0 Å². The SMILES string of the molecule is CC(=O)CCc1ccc(OCC(=O)NC2CC(c3cccs3)NN2)cc1. The first-order chi connectivity index (χ1) is 12.6. The molecule has 3 N–H and O–H groups in total. The highest BCUT2D eigenvalue weighted by atomic mass is 32.1. The van der Waals surface area contributed by atoms with E-state index in [2.05, 4.69) is 22.2 Å². The van der Waals surface area contributed by atoms with Crippen molar-refractivity contribution < 1.29 is 14.3 Å². The Bertz CT molecular complexity index is 731. The minimum absolute atomic E-state index is 0.0331. The second kappa shape index (κ2) is 8.93. The van der Waals surface area contributed by atoms with Crippen molar-refractivity contribution in [1.82, 2.24) is 16.2 Å². The first-order valence-corrected chi connectivity index (χ1v) is 9.53. The summed E-state index contributed by atoms with van der Waals surface area (Å²) in [4.78, 5) is 24.3. The highest BCUT2D eigenvalue weighted by molar-refractivity contribution is 7.10. The first-order valence-electron chi connectivity index (χ1n) is 8.65. The fraction of sp³-hybridized carbons (Fsp3) is 0.368. The second-order valence-electron chi connectivity index (χ2n) is 6.35. The van der Waals surface area contributed by atoms with Gasteiger partial charge in [0.1, 0.15) is 11.5 Å². The quantitative estimate of drug-likeness (QED) is 0.662. The van der Waals surface area contributed by atoms with E-state index in [1.807, 2.05) is 35.7 Å². The summed E-state index contributed by atoms with van der Waals surface area (Å²) in [5, 5.41) is 4.96. The molecule has 1 amide bonds. The number of hydrazine groups is 1. The third-order valence-electron chi connectivity index (χ3n) is 4.18. The molecule has 1 saturated heterocycles. The van der Waals surface area contributed by atoms with Crippen LogP contribution in [0.1, 0.15) is 36.2 Å². The van der Waals surface area contributed by atoms with E-state index in [4.69, 9.17) is 4.74 Å². The predicted octanol–water partition coefficient (Wildman–Crippen LogP) is 2.33. The summed E-state index contributed by atoms with van der Waals surface area (Å²) in [5.41, 5.74) is 7.37. The van der Waals surface area contributed by atoms with Crippen LogP contribution < -0.4 is 20.9 Å². The van der Waals surface area contributed by atoms with Crippen molar-refractivity contribution in [1.29, 1.82) is 0 Å². The lowest BCUT2D eigenvalue weighted by Gasteiger charge is -2.13. The molecule has 2 heterocycles. The number of Topliss-reactive ketones (excluding diaryl/α,β-unsaturated/α-hetero) is 1. The zero-order chi connectivity index (χ0) is 18.4. The minimum atomic E-state index is -0.170. The summed E-state index contributed by atoms with van der Waals surface area (Å²) in [7, 11) is 0. The molecule has 0 aliphatic carbocycles. The maximum Gasteiger partial charge on any atom is 0.259 e. The molecule has 1 aromatic carbocycles. The van der Waals surface area contributed by atoms with Gasteiger partial charge in [-0.15, -0.1) is 11.3 Å². The lowest BCUT2D eigenvalue weighted by molar-refractivity contribution is -0.124. The van der Waals surface area contributed by atoms with E-state index in [0.29, 0.717) is 12.2 Å². The molecule has 0 radical (unpaired) electrons. The molecule has 1 aliphatic heterocycles. The Balaban J connectivity index is 1.39. The summed E-state index contributed by atoms with van der Waals surface area (Å²) in [6.45, 7) is 1.56. The van der Waals surface area contributed by atoms with Gasteiger partial charge < -0.3 is 14.8 Å². The summed E-state index contributed by atoms with van der Waals surface area (Å²) in [6.07, 6.45) is 1.93. The standard InChI is InChI=1S/C19H23N3O3S/c1-13(23)4-5-14-6-8-15(9-7-14)25-12-19(24)20-18-11-16(21-22-18)17-3-2-10-26-17/h2-3,6-10,16,18,21-22H,4-5,11-12H2,1H3,(H,20,24). The van der Waals surface area contributed by atoms with Crippen molar-refractivity contribution in [2.75, 3.05) is 6.61 Å². The number of nitrogens with one attached hydrogen (secondary N) is 3. The average molecular weight is 373 g/mol. The normalized spacial score (nSPS) is 19.3. The molecule has 7 heteroatoms. The van der Waals surface area contributed by atoms with Gasteiger partial charge in [-0.3, -0.25) is 4.79 Å². The molecule has 1 fully saturated rings. The maximum absolute atomic E-state index is 12.1. The molecular formula is C19H23N3O3S. The Kier molecular flexibility index (Phi) is 6.38. The molecule has 0 saturated carbocycles. The number of ketones is 1. The molecule has 138 valence electrons. The van der Waals surface area contributed by atoms with Crippen molar-refractivity contribution in [3.8, 4) is 5.75 Å². The number of benzene rings is 1. The average Bonchev–Trinajstić information content (AvgIpc) is 3.30. The molecule has 3 rings (SSSR count). The number of aryl methyl sites for hydroxylation is 1. The predicted molar refractivity (Wildman–Crippen MR) is 101 cm³/mol. The third-order valence-corrected chi connectivity index (χ3v) is 5.17. The third kappa shape index (κ3) is 5.39.